The Morgan fingerprint density at radius 3 is 2.25 bits per heavy atom. The van der Waals surface area contributed by atoms with Crippen LogP contribution in [0.5, 0.6) is 0 Å². The van der Waals surface area contributed by atoms with Gasteiger partial charge in [0.05, 0.1) is 36.0 Å². The summed E-state index contributed by atoms with van der Waals surface area (Å²) >= 11 is 0.689. The van der Waals surface area contributed by atoms with Gasteiger partial charge in [0.25, 0.3) is 0 Å². The van der Waals surface area contributed by atoms with Gasteiger partial charge in [-0.2, -0.15) is 5.90 Å². The van der Waals surface area contributed by atoms with E-state index in [0.717, 1.165) is 6.92 Å². The molecule has 326 valence electrons. The molecule has 3 aliphatic carbocycles. The normalized spacial score (nSPS) is 32.7. The van der Waals surface area contributed by atoms with E-state index in [-0.39, 0.29) is 41.9 Å². The van der Waals surface area contributed by atoms with Crippen molar-refractivity contribution in [2.24, 2.45) is 22.6 Å². The number of carbonyl (C=O) groups excluding carboxylic acids is 5. The lowest BCUT2D eigenvalue weighted by Crippen LogP contribution is -2.81. The lowest BCUT2D eigenvalue weighted by Gasteiger charge is -2.67. The summed E-state index contributed by atoms with van der Waals surface area (Å²) in [6, 6.07) is 16.6. The molecule has 6 rings (SSSR count). The summed E-state index contributed by atoms with van der Waals surface area (Å²) in [5.74, 6) is -1.91. The zero-order valence-corrected chi connectivity index (χ0v) is 34.9. The Morgan fingerprint density at radius 1 is 1.00 bits per heavy atom. The van der Waals surface area contributed by atoms with E-state index in [9.17, 15) is 34.5 Å². The number of fused-ring (bicyclic) bond motifs is 5. The number of carbonyl (C=O) groups is 5. The number of hydrogen-bond donors (Lipinski definition) is 4. The van der Waals surface area contributed by atoms with Crippen molar-refractivity contribution in [2.75, 3.05) is 12.4 Å². The van der Waals surface area contributed by atoms with Crippen LogP contribution in [0.15, 0.2) is 71.8 Å². The quantitative estimate of drug-likeness (QED) is 0.0405. The smallest absolute Gasteiger partial charge is 0.348 e. The van der Waals surface area contributed by atoms with Crippen molar-refractivity contribution < 1.29 is 77.3 Å². The first-order valence-electron chi connectivity index (χ1n) is 19.5. The third-order valence-corrected chi connectivity index (χ3v) is 13.5. The van der Waals surface area contributed by atoms with Crippen molar-refractivity contribution in [3.05, 3.63) is 82.9 Å². The van der Waals surface area contributed by atoms with Crippen LogP contribution in [0.25, 0.3) is 0 Å². The largest absolute Gasteiger partial charge is 0.455 e. The summed E-state index contributed by atoms with van der Waals surface area (Å²) in [4.78, 5) is 73.5. The maximum absolute atomic E-state index is 15.0. The van der Waals surface area contributed by atoms with Crippen molar-refractivity contribution in [2.45, 2.75) is 115 Å². The van der Waals surface area contributed by atoms with E-state index in [1.54, 1.807) is 69.3 Å². The molecule has 17 nitrogen and oxygen atoms in total. The van der Waals surface area contributed by atoms with Crippen LogP contribution < -0.4 is 5.90 Å². The molecule has 1 heterocycles. The van der Waals surface area contributed by atoms with Gasteiger partial charge >= 0.3 is 23.9 Å². The first-order chi connectivity index (χ1) is 28.3. The second kappa shape index (κ2) is 17.6. The summed E-state index contributed by atoms with van der Waals surface area (Å²) in [5, 5.41) is 41.8. The van der Waals surface area contributed by atoms with Crippen molar-refractivity contribution in [3.63, 3.8) is 0 Å². The average Bonchev–Trinajstić information content (AvgIpc) is 3.21. The Morgan fingerprint density at radius 2 is 1.65 bits per heavy atom. The average molecular weight is 858 g/mol. The van der Waals surface area contributed by atoms with Crippen molar-refractivity contribution in [1.82, 2.24) is 0 Å². The monoisotopic (exact) mass is 857 g/mol. The Labute approximate surface area is 350 Å². The summed E-state index contributed by atoms with van der Waals surface area (Å²) in [6.07, 6.45) is -10.2. The molecule has 2 aromatic carbocycles. The van der Waals surface area contributed by atoms with Crippen LogP contribution in [0.1, 0.15) is 82.6 Å². The van der Waals surface area contributed by atoms with Crippen molar-refractivity contribution in [1.29, 1.82) is 0 Å². The zero-order valence-electron chi connectivity index (χ0n) is 34.1. The van der Waals surface area contributed by atoms with E-state index in [0.29, 0.717) is 17.6 Å². The number of benzene rings is 2. The highest BCUT2D eigenvalue weighted by atomic mass is 32.2. The fraction of sp³-hybridized carbons (Fsp3) is 0.548. The van der Waals surface area contributed by atoms with Crippen LogP contribution in [-0.4, -0.2) is 105 Å². The Hall–Kier alpha value is -4.24. The molecule has 2 bridgehead atoms. The van der Waals surface area contributed by atoms with Gasteiger partial charge in [-0.1, -0.05) is 69.3 Å². The molecule has 0 aromatic heterocycles. The van der Waals surface area contributed by atoms with E-state index in [1.807, 2.05) is 0 Å². The Balaban J connectivity index is 1.46. The predicted octanol–water partition coefficient (Wildman–Crippen LogP) is 3.14. The molecule has 4 aliphatic rings. The second-order valence-electron chi connectivity index (χ2n) is 16.5. The molecule has 0 spiro atoms. The Bertz CT molecular complexity index is 1980. The number of aliphatic hydroxyl groups is 3. The summed E-state index contributed by atoms with van der Waals surface area (Å²) in [5.41, 5.74) is -6.81. The standard InChI is InChI=1S/C42H51NO16S/c1-22(25-13-9-7-10-14-25)33(54-30(46)17-18-60-59-58-57-43)38(50)53-27-20-42(51)36(55-37(49)26-15-11-8-12-16-26)34-40(6,35(48)32(47)31(23(27)2)39(42,4)5)28(45)19-29-41(34,21-52-29)56-24(3)44/h7-16,22,27-29,32-34,36,45,47,51H,17-21,43H2,1-6H3/t22-,27-,28-,29+,32+,33+,34-,36-,40+,41-,42-/m0/s1. The number of hydrogen-bond acceptors (Lipinski definition) is 18. The molecule has 18 heteroatoms. The number of aliphatic hydroxyl groups excluding tert-OH is 2. The van der Waals surface area contributed by atoms with Crippen LogP contribution >= 0.6 is 12.0 Å². The highest BCUT2D eigenvalue weighted by Gasteiger charge is 2.78. The van der Waals surface area contributed by atoms with Gasteiger partial charge in [-0.25, -0.2) is 9.59 Å². The van der Waals surface area contributed by atoms with Gasteiger partial charge in [0, 0.05) is 48.9 Å². The molecule has 1 aliphatic heterocycles. The first kappa shape index (κ1) is 45.3. The topological polar surface area (TPSA) is 246 Å². The third kappa shape index (κ3) is 7.89. The van der Waals surface area contributed by atoms with Gasteiger partial charge in [-0.05, 0) is 47.7 Å². The summed E-state index contributed by atoms with van der Waals surface area (Å²) < 4.78 is 34.7. The minimum absolute atomic E-state index is 0.0180. The highest BCUT2D eigenvalue weighted by molar-refractivity contribution is 7.94. The number of ketones is 1. The minimum atomic E-state index is -2.33. The third-order valence-electron chi connectivity index (χ3n) is 13.0. The Kier molecular flexibility index (Phi) is 13.3. The molecule has 0 radical (unpaired) electrons. The zero-order chi connectivity index (χ0) is 43.8. The van der Waals surface area contributed by atoms with Crippen molar-refractivity contribution in [3.8, 4) is 0 Å². The van der Waals surface area contributed by atoms with Crippen LogP contribution in [-0.2, 0) is 57.2 Å². The van der Waals surface area contributed by atoms with Gasteiger partial charge in [0.15, 0.2) is 11.4 Å². The van der Waals surface area contributed by atoms with E-state index >= 15 is 4.79 Å². The molecule has 3 fully saturated rings. The molecule has 11 atom stereocenters. The maximum Gasteiger partial charge on any atom is 0.348 e. The van der Waals surface area contributed by atoms with Gasteiger partial charge in [0.2, 0.25) is 6.10 Å². The lowest BCUT2D eigenvalue weighted by atomic mass is 9.44. The molecule has 0 unspecified atom stereocenters. The van der Waals surface area contributed by atoms with E-state index in [1.165, 1.54) is 26.0 Å². The van der Waals surface area contributed by atoms with E-state index < -0.39 is 107 Å². The number of rotatable bonds is 14. The highest BCUT2D eigenvalue weighted by Crippen LogP contribution is 2.64. The second-order valence-corrected chi connectivity index (χ2v) is 17.3. The number of nitrogens with two attached hydrogens (primary N) is 1. The SMILES string of the molecule is CC(=O)O[C@@]12CO[C@@H]1C[C@H](O)[C@@]1(C)C(=O)[C@H](O)C3=C(C)[C@@H](OC(=O)[C@H](OC(=O)CCSOOON)[C@@H](C)c4ccccc4)C[C@](O)([C@@H](OC(=O)c4ccccc4)[C@H]21)C3(C)C. The first-order valence-corrected chi connectivity index (χ1v) is 20.4. The fourth-order valence-corrected chi connectivity index (χ4v) is 10.1. The summed E-state index contributed by atoms with van der Waals surface area (Å²) in [7, 11) is 0. The number of esters is 4. The van der Waals surface area contributed by atoms with E-state index in [2.05, 4.69) is 14.4 Å². The molecular formula is C42H51NO16S. The summed E-state index contributed by atoms with van der Waals surface area (Å²) in [6.45, 7) is 8.60. The number of Topliss-reactive ketones (excluding diaryl/α,β-unsaturated/α-hetero) is 1. The molecule has 60 heavy (non-hydrogen) atoms. The fourth-order valence-electron chi connectivity index (χ4n) is 9.66. The predicted molar refractivity (Wildman–Crippen MR) is 208 cm³/mol. The number of ether oxygens (including phenoxy) is 5. The molecule has 5 N–H and O–H groups in total. The van der Waals surface area contributed by atoms with Crippen LogP contribution in [0.4, 0.5) is 0 Å². The molecule has 0 amide bonds. The molecule has 2 saturated carbocycles. The van der Waals surface area contributed by atoms with Gasteiger partial charge in [-0.3, -0.25) is 14.4 Å². The van der Waals surface area contributed by atoms with Gasteiger partial charge in [0.1, 0.15) is 30.0 Å². The van der Waals surface area contributed by atoms with Crippen LogP contribution in [0.3, 0.4) is 0 Å². The van der Waals surface area contributed by atoms with Crippen LogP contribution in [0.2, 0.25) is 0 Å². The molecule has 2 aromatic rings. The lowest BCUT2D eigenvalue weighted by molar-refractivity contribution is -0.464. The van der Waals surface area contributed by atoms with Crippen LogP contribution in [0, 0.1) is 16.7 Å². The maximum atomic E-state index is 15.0. The van der Waals surface area contributed by atoms with Gasteiger partial charge in [-0.15, -0.1) is 9.32 Å². The molecule has 1 saturated heterocycles. The van der Waals surface area contributed by atoms with Crippen molar-refractivity contribution >= 4 is 41.7 Å². The van der Waals surface area contributed by atoms with Gasteiger partial charge < -0.3 is 39.0 Å². The van der Waals surface area contributed by atoms with E-state index in [4.69, 9.17) is 29.6 Å². The molecular weight excluding hydrogens is 807 g/mol. The minimum Gasteiger partial charge on any atom is -0.455 e.